The number of hydrogen-bond acceptors (Lipinski definition) is 6. The number of rotatable bonds is 5. The maximum atomic E-state index is 12.9. The van der Waals surface area contributed by atoms with Crippen LogP contribution in [0.25, 0.3) is 0 Å². The maximum absolute atomic E-state index is 12.9. The van der Waals surface area contributed by atoms with Gasteiger partial charge in [0.05, 0.1) is 38.4 Å². The van der Waals surface area contributed by atoms with E-state index in [2.05, 4.69) is 0 Å². The van der Waals surface area contributed by atoms with Gasteiger partial charge in [0.25, 0.3) is 5.91 Å². The first kappa shape index (κ1) is 17.7. The van der Waals surface area contributed by atoms with E-state index in [1.165, 1.54) is 11.3 Å². The molecule has 1 N–H and O–H groups in total. The first-order chi connectivity index (χ1) is 12.2. The molecule has 25 heavy (non-hydrogen) atoms. The van der Waals surface area contributed by atoms with Crippen molar-refractivity contribution in [2.45, 2.75) is 12.1 Å². The summed E-state index contributed by atoms with van der Waals surface area (Å²) >= 11 is 1.41. The van der Waals surface area contributed by atoms with Gasteiger partial charge in [-0.3, -0.25) is 4.79 Å². The fourth-order valence-corrected chi connectivity index (χ4v) is 3.77. The summed E-state index contributed by atoms with van der Waals surface area (Å²) in [5.41, 5.74) is 0.835. The molecule has 1 amide bonds. The first-order valence-electron chi connectivity index (χ1n) is 7.98. The van der Waals surface area contributed by atoms with Gasteiger partial charge >= 0.3 is 0 Å². The van der Waals surface area contributed by atoms with Gasteiger partial charge in [0.15, 0.2) is 11.5 Å². The molecule has 1 aliphatic rings. The topological polar surface area (TPSA) is 68.2 Å². The van der Waals surface area contributed by atoms with Crippen molar-refractivity contribution >= 4 is 17.2 Å². The van der Waals surface area contributed by atoms with Gasteiger partial charge in [0.1, 0.15) is 6.10 Å². The molecule has 2 heterocycles. The summed E-state index contributed by atoms with van der Waals surface area (Å²) in [6.07, 6.45) is -0.490. The van der Waals surface area contributed by atoms with Crippen LogP contribution < -0.4 is 9.47 Å². The predicted octanol–water partition coefficient (Wildman–Crippen LogP) is 2.34. The molecule has 0 radical (unpaired) electrons. The molecule has 2 atom stereocenters. The number of methoxy groups -OCH3 is 2. The second kappa shape index (κ2) is 7.86. The van der Waals surface area contributed by atoms with Gasteiger partial charge in [-0.2, -0.15) is 0 Å². The number of thiophene rings is 1. The Morgan fingerprint density at radius 2 is 2.12 bits per heavy atom. The monoisotopic (exact) mass is 363 g/mol. The summed E-state index contributed by atoms with van der Waals surface area (Å²) in [5, 5.41) is 11.6. The Kier molecular flexibility index (Phi) is 5.57. The van der Waals surface area contributed by atoms with E-state index >= 15 is 0 Å². The molecule has 0 saturated carbocycles. The third-order valence-corrected chi connectivity index (χ3v) is 5.13. The Morgan fingerprint density at radius 1 is 1.32 bits per heavy atom. The fourth-order valence-electron chi connectivity index (χ4n) is 3.09. The van der Waals surface area contributed by atoms with Crippen LogP contribution in [0.4, 0.5) is 0 Å². The van der Waals surface area contributed by atoms with Crippen molar-refractivity contribution in [3.8, 4) is 11.5 Å². The Labute approximate surface area is 150 Å². The second-order valence-electron chi connectivity index (χ2n) is 5.63. The molecule has 0 spiro atoms. The third-order valence-electron chi connectivity index (χ3n) is 4.27. The van der Waals surface area contributed by atoms with E-state index in [1.54, 1.807) is 25.2 Å². The van der Waals surface area contributed by atoms with Crippen LogP contribution in [0.5, 0.6) is 11.5 Å². The summed E-state index contributed by atoms with van der Waals surface area (Å²) in [6.45, 7) is 0.686. The Balaban J connectivity index is 1.99. The van der Waals surface area contributed by atoms with Crippen molar-refractivity contribution in [3.05, 3.63) is 46.2 Å². The zero-order valence-corrected chi connectivity index (χ0v) is 15.0. The molecular formula is C18H21NO5S. The van der Waals surface area contributed by atoms with E-state index in [1.807, 2.05) is 29.6 Å². The molecule has 1 saturated heterocycles. The van der Waals surface area contributed by atoms with E-state index in [9.17, 15) is 9.90 Å². The number of nitrogens with zero attached hydrogens (tertiary/aromatic N) is 1. The van der Waals surface area contributed by atoms with Gasteiger partial charge in [0.2, 0.25) is 0 Å². The van der Waals surface area contributed by atoms with Gasteiger partial charge in [-0.25, -0.2) is 0 Å². The number of aliphatic hydroxyl groups excluding tert-OH is 1. The highest BCUT2D eigenvalue weighted by Gasteiger charge is 2.37. The highest BCUT2D eigenvalue weighted by Crippen LogP contribution is 2.36. The zero-order chi connectivity index (χ0) is 17.8. The van der Waals surface area contributed by atoms with Crippen molar-refractivity contribution in [3.63, 3.8) is 0 Å². The lowest BCUT2D eigenvalue weighted by atomic mass is 9.97. The molecule has 0 unspecified atom stereocenters. The van der Waals surface area contributed by atoms with Gasteiger partial charge < -0.3 is 24.2 Å². The average Bonchev–Trinajstić information content (AvgIpc) is 3.20. The van der Waals surface area contributed by atoms with E-state index in [4.69, 9.17) is 14.2 Å². The lowest BCUT2D eigenvalue weighted by Gasteiger charge is -2.40. The van der Waals surface area contributed by atoms with E-state index < -0.39 is 12.1 Å². The molecule has 7 heteroatoms. The molecule has 1 fully saturated rings. The number of hydrogen-bond donors (Lipinski definition) is 1. The molecule has 0 bridgehead atoms. The predicted molar refractivity (Wildman–Crippen MR) is 94.5 cm³/mol. The Bertz CT molecular complexity index is 718. The molecule has 6 nitrogen and oxygen atoms in total. The number of amides is 1. The molecule has 1 aromatic heterocycles. The highest BCUT2D eigenvalue weighted by atomic mass is 32.1. The molecular weight excluding hydrogens is 342 g/mol. The van der Waals surface area contributed by atoms with Gasteiger partial charge in [0, 0.05) is 6.54 Å². The highest BCUT2D eigenvalue weighted by molar-refractivity contribution is 7.12. The minimum Gasteiger partial charge on any atom is -0.493 e. The third kappa shape index (κ3) is 3.49. The average molecular weight is 363 g/mol. The second-order valence-corrected chi connectivity index (χ2v) is 6.57. The van der Waals surface area contributed by atoms with Crippen molar-refractivity contribution in [2.24, 2.45) is 0 Å². The lowest BCUT2D eigenvalue weighted by Crippen LogP contribution is -2.49. The van der Waals surface area contributed by atoms with Crippen LogP contribution in [0.15, 0.2) is 35.7 Å². The smallest absolute Gasteiger partial charge is 0.264 e. The number of carbonyl (C=O) groups is 1. The van der Waals surface area contributed by atoms with Crippen LogP contribution in [0.2, 0.25) is 0 Å². The lowest BCUT2D eigenvalue weighted by molar-refractivity contribution is -0.0810. The summed E-state index contributed by atoms with van der Waals surface area (Å²) in [5.74, 6) is 1.13. The van der Waals surface area contributed by atoms with Crippen molar-refractivity contribution in [2.75, 3.05) is 34.0 Å². The van der Waals surface area contributed by atoms with Gasteiger partial charge in [-0.15, -0.1) is 11.3 Å². The van der Waals surface area contributed by atoms with Crippen LogP contribution in [0.1, 0.15) is 21.3 Å². The summed E-state index contributed by atoms with van der Waals surface area (Å²) in [7, 11) is 3.14. The van der Waals surface area contributed by atoms with E-state index in [0.717, 1.165) is 5.56 Å². The van der Waals surface area contributed by atoms with Crippen LogP contribution in [0, 0.1) is 0 Å². The molecule has 2 aromatic rings. The van der Waals surface area contributed by atoms with Crippen molar-refractivity contribution in [1.82, 2.24) is 4.90 Å². The van der Waals surface area contributed by atoms with Crippen LogP contribution in [-0.4, -0.2) is 56.0 Å². The zero-order valence-electron chi connectivity index (χ0n) is 14.2. The first-order valence-corrected chi connectivity index (χ1v) is 8.86. The summed E-state index contributed by atoms with van der Waals surface area (Å²) in [6, 6.07) is 8.77. The minimum absolute atomic E-state index is 0.0588. The van der Waals surface area contributed by atoms with Crippen LogP contribution in [-0.2, 0) is 4.74 Å². The molecule has 3 rings (SSSR count). The summed E-state index contributed by atoms with van der Waals surface area (Å²) in [4.78, 5) is 15.4. The van der Waals surface area contributed by atoms with Crippen molar-refractivity contribution in [1.29, 1.82) is 0 Å². The van der Waals surface area contributed by atoms with Gasteiger partial charge in [-0.1, -0.05) is 12.1 Å². The molecule has 0 aliphatic carbocycles. The SMILES string of the molecule is COc1ccc([C@@H]2[C@@H](CO)OCCN2C(=O)c2cccs2)cc1OC. The van der Waals surface area contributed by atoms with E-state index in [-0.39, 0.29) is 12.5 Å². The molecule has 1 aliphatic heterocycles. The maximum Gasteiger partial charge on any atom is 0.264 e. The van der Waals surface area contributed by atoms with Gasteiger partial charge in [-0.05, 0) is 29.1 Å². The Hall–Kier alpha value is -2.09. The Morgan fingerprint density at radius 3 is 2.76 bits per heavy atom. The summed E-state index contributed by atoms with van der Waals surface area (Å²) < 4.78 is 16.4. The fraction of sp³-hybridized carbons (Fsp3) is 0.389. The number of benzene rings is 1. The molecule has 134 valence electrons. The number of aliphatic hydroxyl groups is 1. The van der Waals surface area contributed by atoms with Crippen molar-refractivity contribution < 1.29 is 24.1 Å². The van der Waals surface area contributed by atoms with Crippen LogP contribution >= 0.6 is 11.3 Å². The number of morpholine rings is 1. The minimum atomic E-state index is -0.490. The largest absolute Gasteiger partial charge is 0.493 e. The normalized spacial score (nSPS) is 20.4. The quantitative estimate of drug-likeness (QED) is 0.883. The van der Waals surface area contributed by atoms with E-state index in [0.29, 0.717) is 29.5 Å². The number of carbonyl (C=O) groups excluding carboxylic acids is 1. The number of ether oxygens (including phenoxy) is 3. The van der Waals surface area contributed by atoms with Crippen LogP contribution in [0.3, 0.4) is 0 Å². The molecule has 1 aromatic carbocycles. The standard InChI is InChI=1S/C18H21NO5S/c1-22-13-6-5-12(10-14(13)23-2)17-15(11-20)24-8-7-19(17)18(21)16-4-3-9-25-16/h3-6,9-10,15,17,20H,7-8,11H2,1-2H3/t15-,17-/m1/s1.